The Morgan fingerprint density at radius 2 is 1.80 bits per heavy atom. The van der Waals surface area contributed by atoms with Gasteiger partial charge in [-0.15, -0.1) is 0 Å². The zero-order chi connectivity index (χ0) is 28.8. The van der Waals surface area contributed by atoms with Gasteiger partial charge in [-0.25, -0.2) is 4.98 Å². The summed E-state index contributed by atoms with van der Waals surface area (Å²) in [5, 5.41) is 10.7. The van der Waals surface area contributed by atoms with Crippen LogP contribution in [0.2, 0.25) is 0 Å². The number of rotatable bonds is 11. The molecule has 0 radical (unpaired) electrons. The summed E-state index contributed by atoms with van der Waals surface area (Å²) in [4.78, 5) is 21.8. The first-order valence-electron chi connectivity index (χ1n) is 12.2. The van der Waals surface area contributed by atoms with Crippen LogP contribution in [0.4, 0.5) is 22.3 Å². The molecule has 0 bridgehead atoms. The first-order valence-corrected chi connectivity index (χ1v) is 13.0. The molecule has 13 heteroatoms. The monoisotopic (exact) mass is 566 g/mol. The standard InChI is InChI=1S/C27H30N6O6S/c1-7-38-15(3)10-21(34)29-16-9-8-14(2)18(11-16)25-32-26(39-33-25)23-24(28)31-27(40-23)30-17-12-19(35-4)22(37-6)20(13-17)36-5/h8-13H,7,28H2,1-6H3,(H,29,34)(H,30,31)/b15-10+. The number of amides is 1. The summed E-state index contributed by atoms with van der Waals surface area (Å²) in [7, 11) is 4.62. The van der Waals surface area contributed by atoms with E-state index in [1.54, 1.807) is 45.4 Å². The molecule has 0 atom stereocenters. The molecule has 4 rings (SSSR count). The molecular formula is C27H30N6O6S. The van der Waals surface area contributed by atoms with Gasteiger partial charge in [-0.05, 0) is 38.5 Å². The Kier molecular flexibility index (Phi) is 8.74. The lowest BCUT2D eigenvalue weighted by Gasteiger charge is -2.14. The smallest absolute Gasteiger partial charge is 0.272 e. The number of anilines is 4. The molecule has 0 aliphatic carbocycles. The van der Waals surface area contributed by atoms with E-state index in [0.717, 1.165) is 5.56 Å². The fraction of sp³-hybridized carbons (Fsp3) is 0.259. The van der Waals surface area contributed by atoms with Crippen molar-refractivity contribution in [1.82, 2.24) is 15.1 Å². The molecule has 210 valence electrons. The van der Waals surface area contributed by atoms with Crippen LogP contribution in [0.15, 0.2) is 46.7 Å². The highest BCUT2D eigenvalue weighted by atomic mass is 32.1. The van der Waals surface area contributed by atoms with Crippen molar-refractivity contribution in [1.29, 1.82) is 0 Å². The van der Waals surface area contributed by atoms with Crippen LogP contribution in [-0.4, -0.2) is 49.0 Å². The van der Waals surface area contributed by atoms with Crippen LogP contribution in [0.3, 0.4) is 0 Å². The Bertz CT molecular complexity index is 1520. The lowest BCUT2D eigenvalue weighted by atomic mass is 10.1. The minimum Gasteiger partial charge on any atom is -0.498 e. The van der Waals surface area contributed by atoms with Crippen LogP contribution < -0.4 is 30.6 Å². The van der Waals surface area contributed by atoms with Crippen LogP contribution >= 0.6 is 11.3 Å². The second-order valence-electron chi connectivity index (χ2n) is 8.40. The molecule has 0 spiro atoms. The Labute approximate surface area is 235 Å². The van der Waals surface area contributed by atoms with Gasteiger partial charge in [0.15, 0.2) is 16.6 Å². The van der Waals surface area contributed by atoms with Crippen LogP contribution in [0.1, 0.15) is 19.4 Å². The van der Waals surface area contributed by atoms with Crippen molar-refractivity contribution in [2.75, 3.05) is 44.3 Å². The van der Waals surface area contributed by atoms with Gasteiger partial charge in [-0.1, -0.05) is 22.6 Å². The number of benzene rings is 2. The summed E-state index contributed by atoms with van der Waals surface area (Å²) in [6, 6.07) is 8.95. The molecule has 2 aromatic carbocycles. The van der Waals surface area contributed by atoms with E-state index in [1.807, 2.05) is 19.9 Å². The topological polar surface area (TPSA) is 156 Å². The Balaban J connectivity index is 1.56. The van der Waals surface area contributed by atoms with Gasteiger partial charge in [-0.3, -0.25) is 4.79 Å². The van der Waals surface area contributed by atoms with Crippen molar-refractivity contribution in [2.45, 2.75) is 20.8 Å². The minimum atomic E-state index is -0.306. The van der Waals surface area contributed by atoms with E-state index >= 15 is 0 Å². The van der Waals surface area contributed by atoms with Crippen LogP contribution in [0, 0.1) is 6.92 Å². The molecule has 0 aliphatic heterocycles. The molecule has 4 aromatic rings. The molecule has 0 unspecified atom stereocenters. The third kappa shape index (κ3) is 6.26. The molecule has 12 nitrogen and oxygen atoms in total. The van der Waals surface area contributed by atoms with Crippen molar-refractivity contribution in [3.8, 4) is 39.4 Å². The fourth-order valence-corrected chi connectivity index (χ4v) is 4.64. The average molecular weight is 567 g/mol. The number of nitrogens with zero attached hydrogens (tertiary/aromatic N) is 3. The second kappa shape index (κ2) is 12.4. The van der Waals surface area contributed by atoms with Crippen molar-refractivity contribution in [2.24, 2.45) is 0 Å². The number of aromatic nitrogens is 3. The maximum atomic E-state index is 12.3. The van der Waals surface area contributed by atoms with E-state index in [4.69, 9.17) is 29.2 Å². The number of carbonyl (C=O) groups excluding carboxylic acids is 1. The molecule has 2 heterocycles. The van der Waals surface area contributed by atoms with E-state index in [1.165, 1.54) is 24.5 Å². The summed E-state index contributed by atoms with van der Waals surface area (Å²) in [6.45, 7) is 5.97. The average Bonchev–Trinajstić information content (AvgIpc) is 3.55. The van der Waals surface area contributed by atoms with E-state index in [9.17, 15) is 4.79 Å². The van der Waals surface area contributed by atoms with Gasteiger partial charge in [0, 0.05) is 35.1 Å². The zero-order valence-corrected chi connectivity index (χ0v) is 23.8. The lowest BCUT2D eigenvalue weighted by molar-refractivity contribution is -0.112. The van der Waals surface area contributed by atoms with Crippen LogP contribution in [-0.2, 0) is 9.53 Å². The number of aryl methyl sites for hydroxylation is 1. The summed E-state index contributed by atoms with van der Waals surface area (Å²) in [5.74, 6) is 2.46. The van der Waals surface area contributed by atoms with Gasteiger partial charge in [0.05, 0.1) is 33.7 Å². The number of hydrogen-bond acceptors (Lipinski definition) is 12. The van der Waals surface area contributed by atoms with E-state index < -0.39 is 0 Å². The van der Waals surface area contributed by atoms with Crippen molar-refractivity contribution >= 4 is 39.6 Å². The predicted octanol–water partition coefficient (Wildman–Crippen LogP) is 5.40. The Morgan fingerprint density at radius 1 is 1.07 bits per heavy atom. The largest absolute Gasteiger partial charge is 0.498 e. The highest BCUT2D eigenvalue weighted by Crippen LogP contribution is 2.42. The minimum absolute atomic E-state index is 0.215. The van der Waals surface area contributed by atoms with E-state index in [-0.39, 0.29) is 17.6 Å². The number of thiazole rings is 1. The number of methoxy groups -OCH3 is 3. The quantitative estimate of drug-likeness (QED) is 0.158. The summed E-state index contributed by atoms with van der Waals surface area (Å²) in [5.41, 5.74) is 9.02. The number of carbonyl (C=O) groups is 1. The lowest BCUT2D eigenvalue weighted by Crippen LogP contribution is -2.09. The van der Waals surface area contributed by atoms with Gasteiger partial charge in [0.25, 0.3) is 11.8 Å². The predicted molar refractivity (Wildman–Crippen MR) is 153 cm³/mol. The highest BCUT2D eigenvalue weighted by molar-refractivity contribution is 7.19. The SMILES string of the molecule is CCO/C(C)=C/C(=O)Nc1ccc(C)c(-c2noc(-c3sc(Nc4cc(OC)c(OC)c(OC)c4)nc3N)n2)c1. The maximum absolute atomic E-state index is 12.3. The van der Waals surface area contributed by atoms with Crippen LogP contribution in [0.5, 0.6) is 17.2 Å². The second-order valence-corrected chi connectivity index (χ2v) is 9.40. The summed E-state index contributed by atoms with van der Waals surface area (Å²) >= 11 is 1.25. The number of ether oxygens (including phenoxy) is 4. The number of nitrogens with one attached hydrogen (secondary N) is 2. The zero-order valence-electron chi connectivity index (χ0n) is 22.9. The van der Waals surface area contributed by atoms with E-state index in [2.05, 4.69) is 25.8 Å². The number of nitrogen functional groups attached to an aromatic ring is 1. The molecule has 0 aliphatic rings. The molecule has 0 fully saturated rings. The fourth-order valence-electron chi connectivity index (χ4n) is 3.81. The molecule has 1 amide bonds. The molecular weight excluding hydrogens is 536 g/mol. The molecule has 0 saturated carbocycles. The van der Waals surface area contributed by atoms with Crippen molar-refractivity contribution in [3.63, 3.8) is 0 Å². The maximum Gasteiger partial charge on any atom is 0.272 e. The Morgan fingerprint density at radius 3 is 2.45 bits per heavy atom. The highest BCUT2D eigenvalue weighted by Gasteiger charge is 2.20. The number of allylic oxidation sites excluding steroid dienone is 1. The molecule has 4 N–H and O–H groups in total. The normalized spacial score (nSPS) is 11.2. The molecule has 0 saturated heterocycles. The Hall–Kier alpha value is -4.78. The first-order chi connectivity index (χ1) is 19.3. The van der Waals surface area contributed by atoms with Gasteiger partial charge >= 0.3 is 0 Å². The van der Waals surface area contributed by atoms with Gasteiger partial charge in [-0.2, -0.15) is 4.98 Å². The van der Waals surface area contributed by atoms with Gasteiger partial charge in [0.2, 0.25) is 11.6 Å². The first kappa shape index (κ1) is 28.2. The van der Waals surface area contributed by atoms with Crippen LogP contribution in [0.25, 0.3) is 22.2 Å². The third-order valence-corrected chi connectivity index (χ3v) is 6.62. The van der Waals surface area contributed by atoms with Gasteiger partial charge < -0.3 is 39.8 Å². The van der Waals surface area contributed by atoms with Crippen molar-refractivity contribution in [3.05, 3.63) is 47.7 Å². The molecule has 40 heavy (non-hydrogen) atoms. The third-order valence-electron chi connectivity index (χ3n) is 5.64. The summed E-state index contributed by atoms with van der Waals surface area (Å²) in [6.07, 6.45) is 1.39. The summed E-state index contributed by atoms with van der Waals surface area (Å²) < 4.78 is 27.1. The van der Waals surface area contributed by atoms with E-state index in [0.29, 0.717) is 62.4 Å². The van der Waals surface area contributed by atoms with Gasteiger partial charge in [0.1, 0.15) is 10.7 Å². The number of hydrogen-bond donors (Lipinski definition) is 3. The number of nitrogens with two attached hydrogens (primary N) is 1. The molecule has 2 aromatic heterocycles. The van der Waals surface area contributed by atoms with Crippen molar-refractivity contribution < 1.29 is 28.3 Å².